The van der Waals surface area contributed by atoms with Gasteiger partial charge in [-0.2, -0.15) is 0 Å². The van der Waals surface area contributed by atoms with Gasteiger partial charge in [-0.15, -0.1) is 0 Å². The number of rotatable bonds is 8. The maximum Gasteiger partial charge on any atom is 0.319 e. The van der Waals surface area contributed by atoms with Gasteiger partial charge in [-0.1, -0.05) is 61.5 Å². The highest BCUT2D eigenvalue weighted by atomic mass is 19.1. The van der Waals surface area contributed by atoms with Crippen LogP contribution < -0.4 is 10.6 Å². The number of hydrogen-bond donors (Lipinski definition) is 2. The van der Waals surface area contributed by atoms with Crippen molar-refractivity contribution in [3.05, 3.63) is 101 Å². The first-order valence-corrected chi connectivity index (χ1v) is 11.8. The molecule has 0 aliphatic carbocycles. The van der Waals surface area contributed by atoms with Gasteiger partial charge in [0.2, 0.25) is 0 Å². The predicted molar refractivity (Wildman–Crippen MR) is 132 cm³/mol. The third-order valence-electron chi connectivity index (χ3n) is 6.40. The normalized spacial score (nSPS) is 15.6. The third kappa shape index (κ3) is 6.20. The first kappa shape index (κ1) is 23.0. The molecule has 0 saturated carbocycles. The van der Waals surface area contributed by atoms with E-state index in [0.29, 0.717) is 12.6 Å². The van der Waals surface area contributed by atoms with Crippen LogP contribution >= 0.6 is 0 Å². The van der Waals surface area contributed by atoms with Crippen LogP contribution in [0.4, 0.5) is 14.9 Å². The summed E-state index contributed by atoms with van der Waals surface area (Å²) >= 11 is 0. The molecule has 0 fully saturated rings. The fraction of sp³-hybridized carbons (Fsp3) is 0.321. The Hall–Kier alpha value is -3.18. The first-order valence-electron chi connectivity index (χ1n) is 11.8. The van der Waals surface area contributed by atoms with E-state index in [0.717, 1.165) is 55.6 Å². The average molecular weight is 446 g/mol. The highest BCUT2D eigenvalue weighted by molar-refractivity contribution is 5.90. The largest absolute Gasteiger partial charge is 0.338 e. The lowest BCUT2D eigenvalue weighted by atomic mass is 9.90. The molecule has 1 unspecified atom stereocenters. The number of hydrogen-bond acceptors (Lipinski definition) is 2. The van der Waals surface area contributed by atoms with Crippen molar-refractivity contribution < 1.29 is 9.18 Å². The molecule has 0 spiro atoms. The number of carbonyl (C=O) groups is 1. The molecule has 1 aliphatic heterocycles. The van der Waals surface area contributed by atoms with E-state index in [1.807, 2.05) is 36.4 Å². The number of nitrogens with zero attached hydrogens (tertiary/aromatic N) is 1. The molecule has 3 aromatic rings. The number of carbonyl (C=O) groups excluding carboxylic acids is 1. The van der Waals surface area contributed by atoms with E-state index in [1.165, 1.54) is 23.3 Å². The number of para-hydroxylation sites is 1. The van der Waals surface area contributed by atoms with E-state index in [4.69, 9.17) is 0 Å². The molecule has 0 radical (unpaired) electrons. The minimum Gasteiger partial charge on any atom is -0.338 e. The summed E-state index contributed by atoms with van der Waals surface area (Å²) in [5.74, 6) is -0.199. The number of aryl methyl sites for hydroxylation is 1. The van der Waals surface area contributed by atoms with Crippen LogP contribution in [0.2, 0.25) is 0 Å². The van der Waals surface area contributed by atoms with Gasteiger partial charge in [0.1, 0.15) is 5.82 Å². The first-order chi connectivity index (χ1) is 16.1. The fourth-order valence-electron chi connectivity index (χ4n) is 4.60. The van der Waals surface area contributed by atoms with Crippen molar-refractivity contribution in [2.45, 2.75) is 45.2 Å². The van der Waals surface area contributed by atoms with Gasteiger partial charge in [0.25, 0.3) is 0 Å². The van der Waals surface area contributed by atoms with Crippen LogP contribution in [-0.2, 0) is 25.8 Å². The lowest BCUT2D eigenvalue weighted by molar-refractivity contribution is 0.168. The van der Waals surface area contributed by atoms with Gasteiger partial charge >= 0.3 is 6.03 Å². The zero-order valence-electron chi connectivity index (χ0n) is 19.2. The highest BCUT2D eigenvalue weighted by Crippen LogP contribution is 2.25. The number of halogens is 1. The minimum absolute atomic E-state index is 0.164. The zero-order chi connectivity index (χ0) is 23.0. The molecule has 0 aromatic heterocycles. The second kappa shape index (κ2) is 11.1. The Morgan fingerprint density at radius 3 is 2.52 bits per heavy atom. The Bertz CT molecular complexity index is 1070. The number of nitrogens with one attached hydrogen (secondary N) is 2. The van der Waals surface area contributed by atoms with Crippen molar-refractivity contribution in [2.75, 3.05) is 18.4 Å². The van der Waals surface area contributed by atoms with Gasteiger partial charge in [0, 0.05) is 31.4 Å². The van der Waals surface area contributed by atoms with Gasteiger partial charge in [-0.25, -0.2) is 9.18 Å². The number of amides is 2. The fourth-order valence-corrected chi connectivity index (χ4v) is 4.60. The standard InChI is InChI=1S/C28H32FN3O/c1-2-22-8-5-6-11-27(22)31-28(33)30-16-7-17-32-20-24-10-4-3-9-23(24)19-26(32)18-21-12-14-25(29)15-13-21/h3-6,8-15,26H,2,7,16-20H2,1H3,(H2,30,31,33). The van der Waals surface area contributed by atoms with Crippen LogP contribution in [0.15, 0.2) is 72.8 Å². The van der Waals surface area contributed by atoms with Crippen LogP contribution in [0.3, 0.4) is 0 Å². The number of urea groups is 1. The maximum atomic E-state index is 13.3. The monoisotopic (exact) mass is 445 g/mol. The summed E-state index contributed by atoms with van der Waals surface area (Å²) in [5, 5.41) is 5.96. The predicted octanol–water partition coefficient (Wildman–Crippen LogP) is 5.57. The van der Waals surface area contributed by atoms with Crippen LogP contribution in [0.5, 0.6) is 0 Å². The molecular formula is C28H32FN3O. The number of benzene rings is 3. The van der Waals surface area contributed by atoms with Crippen LogP contribution in [0.1, 0.15) is 35.6 Å². The Balaban J connectivity index is 1.32. The average Bonchev–Trinajstić information content (AvgIpc) is 2.83. The van der Waals surface area contributed by atoms with Crippen molar-refractivity contribution in [2.24, 2.45) is 0 Å². The third-order valence-corrected chi connectivity index (χ3v) is 6.40. The summed E-state index contributed by atoms with van der Waals surface area (Å²) in [4.78, 5) is 14.9. The second-order valence-corrected chi connectivity index (χ2v) is 8.67. The smallest absolute Gasteiger partial charge is 0.319 e. The topological polar surface area (TPSA) is 44.4 Å². The van der Waals surface area contributed by atoms with E-state index < -0.39 is 0 Å². The summed E-state index contributed by atoms with van der Waals surface area (Å²) in [6, 6.07) is 23.5. The SMILES string of the molecule is CCc1ccccc1NC(=O)NCCCN1Cc2ccccc2CC1Cc1ccc(F)cc1. The Morgan fingerprint density at radius 2 is 1.73 bits per heavy atom. The van der Waals surface area contributed by atoms with Crippen LogP contribution in [-0.4, -0.2) is 30.1 Å². The summed E-state index contributed by atoms with van der Waals surface area (Å²) in [7, 11) is 0. The van der Waals surface area contributed by atoms with E-state index in [2.05, 4.69) is 46.7 Å². The molecule has 2 amide bonds. The lowest BCUT2D eigenvalue weighted by Gasteiger charge is -2.37. The van der Waals surface area contributed by atoms with Crippen molar-refractivity contribution >= 4 is 11.7 Å². The highest BCUT2D eigenvalue weighted by Gasteiger charge is 2.25. The summed E-state index contributed by atoms with van der Waals surface area (Å²) in [6.07, 6.45) is 3.61. The molecule has 0 bridgehead atoms. The van der Waals surface area contributed by atoms with E-state index in [-0.39, 0.29) is 11.8 Å². The van der Waals surface area contributed by atoms with Crippen molar-refractivity contribution in [1.29, 1.82) is 0 Å². The molecule has 33 heavy (non-hydrogen) atoms. The Morgan fingerprint density at radius 1 is 1.00 bits per heavy atom. The molecule has 4 nitrogen and oxygen atoms in total. The van der Waals surface area contributed by atoms with Gasteiger partial charge in [-0.05, 0) is 66.1 Å². The summed E-state index contributed by atoms with van der Waals surface area (Å²) in [5.41, 5.74) is 5.91. The molecule has 5 heteroatoms. The number of anilines is 1. The molecule has 3 aromatic carbocycles. The van der Waals surface area contributed by atoms with Gasteiger partial charge in [0.15, 0.2) is 0 Å². The van der Waals surface area contributed by atoms with E-state index >= 15 is 0 Å². The number of fused-ring (bicyclic) bond motifs is 1. The molecular weight excluding hydrogens is 413 g/mol. The van der Waals surface area contributed by atoms with Crippen molar-refractivity contribution in [3.8, 4) is 0 Å². The van der Waals surface area contributed by atoms with E-state index in [1.54, 1.807) is 0 Å². The van der Waals surface area contributed by atoms with E-state index in [9.17, 15) is 9.18 Å². The molecule has 2 N–H and O–H groups in total. The van der Waals surface area contributed by atoms with Crippen molar-refractivity contribution in [3.63, 3.8) is 0 Å². The quantitative estimate of drug-likeness (QED) is 0.445. The van der Waals surface area contributed by atoms with Crippen molar-refractivity contribution in [1.82, 2.24) is 10.2 Å². The molecule has 1 atom stereocenters. The molecule has 172 valence electrons. The maximum absolute atomic E-state index is 13.3. The van der Waals surface area contributed by atoms with Crippen LogP contribution in [0.25, 0.3) is 0 Å². The minimum atomic E-state index is -0.199. The Labute approximate surface area is 195 Å². The molecule has 0 saturated heterocycles. The second-order valence-electron chi connectivity index (χ2n) is 8.67. The zero-order valence-corrected chi connectivity index (χ0v) is 19.2. The Kier molecular flexibility index (Phi) is 7.74. The van der Waals surface area contributed by atoms with Gasteiger partial charge in [-0.3, -0.25) is 4.90 Å². The lowest BCUT2D eigenvalue weighted by Crippen LogP contribution is -2.43. The van der Waals surface area contributed by atoms with Gasteiger partial charge in [0.05, 0.1) is 0 Å². The molecule has 1 aliphatic rings. The van der Waals surface area contributed by atoms with Gasteiger partial charge < -0.3 is 10.6 Å². The summed E-state index contributed by atoms with van der Waals surface area (Å²) in [6.45, 7) is 4.49. The van der Waals surface area contributed by atoms with Crippen LogP contribution in [0, 0.1) is 5.82 Å². The summed E-state index contributed by atoms with van der Waals surface area (Å²) < 4.78 is 13.3. The molecule has 1 heterocycles. The molecule has 4 rings (SSSR count).